The number of rotatable bonds is 2. The predicted molar refractivity (Wildman–Crippen MR) is 78.6 cm³/mol. The third-order valence-corrected chi connectivity index (χ3v) is 3.31. The van der Waals surface area contributed by atoms with Gasteiger partial charge in [-0.05, 0) is 52.9 Å². The highest BCUT2D eigenvalue weighted by Crippen LogP contribution is 2.29. The van der Waals surface area contributed by atoms with Crippen molar-refractivity contribution < 1.29 is 4.39 Å². The topological polar surface area (TPSA) is 35.8 Å². The molecule has 0 saturated carbocycles. The molecule has 0 fully saturated rings. The van der Waals surface area contributed by atoms with E-state index in [1.165, 1.54) is 6.07 Å². The molecule has 0 saturated heterocycles. The minimum atomic E-state index is -0.552. The maximum absolute atomic E-state index is 13.4. The van der Waals surface area contributed by atoms with Crippen molar-refractivity contribution in [1.29, 1.82) is 5.26 Å². The Balaban J connectivity index is 2.41. The molecule has 0 aromatic heterocycles. The molecule has 1 N–H and O–H groups in total. The average Bonchev–Trinajstić information content (AvgIpc) is 2.33. The summed E-state index contributed by atoms with van der Waals surface area (Å²) in [6.07, 6.45) is 0. The van der Waals surface area contributed by atoms with Crippen molar-refractivity contribution in [2.24, 2.45) is 0 Å². The number of nitrogens with zero attached hydrogens (tertiary/aromatic N) is 1. The summed E-state index contributed by atoms with van der Waals surface area (Å²) in [5, 5.41) is 12.4. The number of nitrogens with one attached hydrogen (secondary N) is 1. The minimum absolute atomic E-state index is 0.0212. The van der Waals surface area contributed by atoms with Gasteiger partial charge in [-0.1, -0.05) is 17.7 Å². The van der Waals surface area contributed by atoms with Gasteiger partial charge in [0.25, 0.3) is 0 Å². The van der Waals surface area contributed by atoms with Crippen LogP contribution < -0.4 is 5.32 Å². The molecule has 0 aliphatic heterocycles. The first-order valence-electron chi connectivity index (χ1n) is 5.02. The van der Waals surface area contributed by atoms with E-state index in [2.05, 4.69) is 27.9 Å². The average molecular weight is 373 g/mol. The monoisotopic (exact) mass is 372 g/mol. The van der Waals surface area contributed by atoms with E-state index in [-0.39, 0.29) is 5.56 Å². The van der Waals surface area contributed by atoms with Crippen LogP contribution >= 0.6 is 34.2 Å². The second kappa shape index (κ2) is 5.55. The number of hydrogen-bond donors (Lipinski definition) is 1. The van der Waals surface area contributed by atoms with E-state index in [1.54, 1.807) is 24.3 Å². The van der Waals surface area contributed by atoms with E-state index in [9.17, 15) is 4.39 Å². The third kappa shape index (κ3) is 2.74. The van der Waals surface area contributed by atoms with E-state index in [1.807, 2.05) is 12.1 Å². The Morgan fingerprint density at radius 3 is 2.67 bits per heavy atom. The molecule has 0 radical (unpaired) electrons. The van der Waals surface area contributed by atoms with Gasteiger partial charge in [-0.15, -0.1) is 0 Å². The van der Waals surface area contributed by atoms with Crippen LogP contribution in [0.2, 0.25) is 5.02 Å². The standard InChI is InChI=1S/C13H7ClFIN2/c14-10-6-8(16)4-5-13(10)18-12-3-1-2-11(15)9(12)7-17/h1-6,18H. The Morgan fingerprint density at radius 2 is 2.00 bits per heavy atom. The van der Waals surface area contributed by atoms with Gasteiger partial charge >= 0.3 is 0 Å². The van der Waals surface area contributed by atoms with Crippen molar-refractivity contribution in [2.45, 2.75) is 0 Å². The van der Waals surface area contributed by atoms with Crippen LogP contribution in [0.4, 0.5) is 15.8 Å². The van der Waals surface area contributed by atoms with Crippen molar-refractivity contribution in [2.75, 3.05) is 5.32 Å². The number of hydrogen-bond acceptors (Lipinski definition) is 2. The van der Waals surface area contributed by atoms with Gasteiger partial charge in [-0.25, -0.2) is 4.39 Å². The number of halogens is 3. The summed E-state index contributed by atoms with van der Waals surface area (Å²) in [6.45, 7) is 0. The zero-order valence-corrected chi connectivity index (χ0v) is 12.0. The minimum Gasteiger partial charge on any atom is -0.353 e. The van der Waals surface area contributed by atoms with Crippen molar-refractivity contribution >= 4 is 45.6 Å². The van der Waals surface area contributed by atoms with Crippen LogP contribution in [0.15, 0.2) is 36.4 Å². The summed E-state index contributed by atoms with van der Waals surface area (Å²) in [5.74, 6) is -0.552. The molecule has 0 amide bonds. The molecule has 2 aromatic rings. The summed E-state index contributed by atoms with van der Waals surface area (Å²) in [6, 6.07) is 11.7. The normalized spacial score (nSPS) is 9.89. The van der Waals surface area contributed by atoms with Gasteiger partial charge < -0.3 is 5.32 Å². The molecule has 0 aliphatic carbocycles. The molecule has 0 bridgehead atoms. The Labute approximate surface area is 123 Å². The highest BCUT2D eigenvalue weighted by molar-refractivity contribution is 14.1. The van der Waals surface area contributed by atoms with Crippen molar-refractivity contribution in [3.05, 3.63) is 56.4 Å². The van der Waals surface area contributed by atoms with Gasteiger partial charge in [0, 0.05) is 3.57 Å². The van der Waals surface area contributed by atoms with Crippen LogP contribution in [-0.2, 0) is 0 Å². The summed E-state index contributed by atoms with van der Waals surface area (Å²) >= 11 is 8.22. The van der Waals surface area contributed by atoms with Crippen molar-refractivity contribution in [3.63, 3.8) is 0 Å². The maximum Gasteiger partial charge on any atom is 0.143 e. The molecular formula is C13H7ClFIN2. The number of nitriles is 1. The molecule has 2 aromatic carbocycles. The van der Waals surface area contributed by atoms with Crippen molar-refractivity contribution in [3.8, 4) is 6.07 Å². The van der Waals surface area contributed by atoms with Gasteiger partial charge in [0.2, 0.25) is 0 Å². The van der Waals surface area contributed by atoms with Gasteiger partial charge in [0.05, 0.1) is 16.4 Å². The summed E-state index contributed by atoms with van der Waals surface area (Å²) < 4.78 is 14.4. The molecule has 90 valence electrons. The SMILES string of the molecule is N#Cc1c(F)cccc1Nc1ccc(I)cc1Cl. The van der Waals surface area contributed by atoms with Crippen LogP contribution in [0.25, 0.3) is 0 Å². The molecule has 0 heterocycles. The first kappa shape index (κ1) is 13.1. The summed E-state index contributed by atoms with van der Waals surface area (Å²) in [4.78, 5) is 0. The van der Waals surface area contributed by atoms with Crippen LogP contribution in [0.1, 0.15) is 5.56 Å². The molecule has 0 unspecified atom stereocenters. The van der Waals surface area contributed by atoms with E-state index < -0.39 is 5.82 Å². The lowest BCUT2D eigenvalue weighted by atomic mass is 10.1. The van der Waals surface area contributed by atoms with Gasteiger partial charge in [-0.2, -0.15) is 5.26 Å². The lowest BCUT2D eigenvalue weighted by Gasteiger charge is -2.10. The van der Waals surface area contributed by atoms with E-state index in [4.69, 9.17) is 16.9 Å². The predicted octanol–water partition coefficient (Wildman–Crippen LogP) is 4.70. The fourth-order valence-corrected chi connectivity index (χ4v) is 2.38. The zero-order chi connectivity index (χ0) is 13.1. The van der Waals surface area contributed by atoms with Gasteiger partial charge in [0.1, 0.15) is 17.4 Å². The van der Waals surface area contributed by atoms with Gasteiger partial charge in [0.15, 0.2) is 0 Å². The summed E-state index contributed by atoms with van der Waals surface area (Å²) in [5.41, 5.74) is 1.02. The maximum atomic E-state index is 13.4. The van der Waals surface area contributed by atoms with Crippen LogP contribution in [0.5, 0.6) is 0 Å². The largest absolute Gasteiger partial charge is 0.353 e. The second-order valence-corrected chi connectivity index (χ2v) is 5.18. The Hall–Kier alpha value is -1.32. The fourth-order valence-electron chi connectivity index (χ4n) is 1.48. The molecule has 0 aliphatic rings. The lowest BCUT2D eigenvalue weighted by Crippen LogP contribution is -1.96. The molecule has 2 nitrogen and oxygen atoms in total. The van der Waals surface area contributed by atoms with E-state index in [0.717, 1.165) is 3.57 Å². The highest BCUT2D eigenvalue weighted by atomic mass is 127. The molecule has 2 rings (SSSR count). The van der Waals surface area contributed by atoms with Crippen LogP contribution in [0, 0.1) is 20.7 Å². The third-order valence-electron chi connectivity index (χ3n) is 2.33. The second-order valence-electron chi connectivity index (χ2n) is 3.52. The smallest absolute Gasteiger partial charge is 0.143 e. The fraction of sp³-hybridized carbons (Fsp3) is 0. The van der Waals surface area contributed by atoms with E-state index >= 15 is 0 Å². The summed E-state index contributed by atoms with van der Waals surface area (Å²) in [7, 11) is 0. The molecule has 5 heteroatoms. The zero-order valence-electron chi connectivity index (χ0n) is 9.05. The number of anilines is 2. The van der Waals surface area contributed by atoms with Crippen LogP contribution in [0.3, 0.4) is 0 Å². The Bertz CT molecular complexity index is 637. The lowest BCUT2D eigenvalue weighted by molar-refractivity contribution is 0.624. The Morgan fingerprint density at radius 1 is 1.22 bits per heavy atom. The Kier molecular flexibility index (Phi) is 4.04. The first-order valence-corrected chi connectivity index (χ1v) is 6.48. The van der Waals surface area contributed by atoms with E-state index in [0.29, 0.717) is 16.4 Å². The molecule has 18 heavy (non-hydrogen) atoms. The first-order chi connectivity index (χ1) is 8.61. The number of benzene rings is 2. The van der Waals surface area contributed by atoms with Crippen LogP contribution in [-0.4, -0.2) is 0 Å². The highest BCUT2D eigenvalue weighted by Gasteiger charge is 2.09. The van der Waals surface area contributed by atoms with Crippen molar-refractivity contribution in [1.82, 2.24) is 0 Å². The van der Waals surface area contributed by atoms with Gasteiger partial charge in [-0.3, -0.25) is 0 Å². The quantitative estimate of drug-likeness (QED) is 0.776. The molecule has 0 spiro atoms. The molecule has 0 atom stereocenters. The molecular weight excluding hydrogens is 366 g/mol.